The maximum Gasteiger partial charge on any atom is 0.191 e. The van der Waals surface area contributed by atoms with Crippen LogP contribution in [0.4, 0.5) is 0 Å². The van der Waals surface area contributed by atoms with Crippen molar-refractivity contribution in [2.45, 2.75) is 25.3 Å². The Morgan fingerprint density at radius 1 is 1.14 bits per heavy atom. The number of hydrogen-bond acceptors (Lipinski definition) is 4. The lowest BCUT2D eigenvalue weighted by Crippen LogP contribution is -2.44. The van der Waals surface area contributed by atoms with E-state index in [2.05, 4.69) is 50.9 Å². The van der Waals surface area contributed by atoms with E-state index in [1.807, 2.05) is 0 Å². The van der Waals surface area contributed by atoms with Gasteiger partial charge in [-0.15, -0.1) is 24.0 Å². The first kappa shape index (κ1) is 16.5. The molecular formula is C16H25IN4. The predicted molar refractivity (Wildman–Crippen MR) is 98.3 cm³/mol. The zero-order valence-electron chi connectivity index (χ0n) is 12.4. The maximum atomic E-state index is 4.50. The summed E-state index contributed by atoms with van der Waals surface area (Å²) in [7, 11) is 0. The molecule has 5 heteroatoms. The van der Waals surface area contributed by atoms with Gasteiger partial charge in [0.15, 0.2) is 5.96 Å². The Kier molecular flexibility index (Phi) is 6.76. The summed E-state index contributed by atoms with van der Waals surface area (Å²) >= 11 is 0. The molecule has 1 unspecified atom stereocenters. The number of likely N-dealkylation sites (tertiary alicyclic amines) is 1. The maximum absolute atomic E-state index is 4.50. The quantitative estimate of drug-likeness (QED) is 0.763. The van der Waals surface area contributed by atoms with Crippen molar-refractivity contribution in [1.82, 2.24) is 15.5 Å². The number of rotatable bonds is 4. The van der Waals surface area contributed by atoms with Crippen molar-refractivity contribution in [2.24, 2.45) is 4.99 Å². The Balaban J connectivity index is 0.00000161. The van der Waals surface area contributed by atoms with Crippen LogP contribution in [0.2, 0.25) is 0 Å². The van der Waals surface area contributed by atoms with E-state index in [9.17, 15) is 0 Å². The molecule has 1 fully saturated rings. The molecule has 2 N–H and O–H groups in total. The summed E-state index contributed by atoms with van der Waals surface area (Å²) < 4.78 is 0. The van der Waals surface area contributed by atoms with Gasteiger partial charge in [0, 0.05) is 19.6 Å². The van der Waals surface area contributed by atoms with Gasteiger partial charge in [-0.1, -0.05) is 30.3 Å². The second kappa shape index (κ2) is 8.58. The van der Waals surface area contributed by atoms with Gasteiger partial charge in [-0.3, -0.25) is 9.89 Å². The SMILES string of the molecule is I.c1ccc(C(CNC2=NCCCN2)N2CCCC2)cc1. The largest absolute Gasteiger partial charge is 0.356 e. The van der Waals surface area contributed by atoms with E-state index in [0.717, 1.165) is 32.0 Å². The molecule has 0 bridgehead atoms. The second-order valence-corrected chi connectivity index (χ2v) is 5.56. The molecule has 2 aliphatic rings. The second-order valence-electron chi connectivity index (χ2n) is 5.56. The molecule has 2 aliphatic heterocycles. The van der Waals surface area contributed by atoms with Crippen LogP contribution < -0.4 is 10.6 Å². The summed E-state index contributed by atoms with van der Waals surface area (Å²) in [6.07, 6.45) is 3.78. The Bertz CT molecular complexity index is 443. The van der Waals surface area contributed by atoms with Crippen molar-refractivity contribution in [3.63, 3.8) is 0 Å². The molecule has 0 aliphatic carbocycles. The van der Waals surface area contributed by atoms with Crippen molar-refractivity contribution >= 4 is 29.9 Å². The number of nitrogens with zero attached hydrogens (tertiary/aromatic N) is 2. The molecule has 116 valence electrons. The predicted octanol–water partition coefficient (Wildman–Crippen LogP) is 2.38. The standard InChI is InChI=1S/C16H24N4.HI/c1-2-7-14(8-3-1)15(20-11-4-5-12-20)13-19-16-17-9-6-10-18-16;/h1-3,7-8,15H,4-6,9-13H2,(H2,17,18,19);1H. The lowest BCUT2D eigenvalue weighted by atomic mass is 10.1. The highest BCUT2D eigenvalue weighted by molar-refractivity contribution is 14.0. The number of nitrogens with one attached hydrogen (secondary N) is 2. The van der Waals surface area contributed by atoms with Crippen LogP contribution >= 0.6 is 24.0 Å². The zero-order valence-corrected chi connectivity index (χ0v) is 14.8. The van der Waals surface area contributed by atoms with E-state index in [-0.39, 0.29) is 24.0 Å². The van der Waals surface area contributed by atoms with Crippen LogP contribution in [0.5, 0.6) is 0 Å². The number of halogens is 1. The van der Waals surface area contributed by atoms with Crippen LogP contribution in [-0.4, -0.2) is 43.6 Å². The first-order chi connectivity index (χ1) is 9.93. The van der Waals surface area contributed by atoms with E-state index in [4.69, 9.17) is 0 Å². The minimum absolute atomic E-state index is 0. The number of benzene rings is 1. The van der Waals surface area contributed by atoms with Crippen molar-refractivity contribution in [3.05, 3.63) is 35.9 Å². The number of hydrogen-bond donors (Lipinski definition) is 2. The van der Waals surface area contributed by atoms with Gasteiger partial charge in [0.05, 0.1) is 6.04 Å². The summed E-state index contributed by atoms with van der Waals surface area (Å²) in [5.74, 6) is 0.969. The molecule has 2 heterocycles. The third-order valence-corrected chi connectivity index (χ3v) is 4.13. The molecule has 3 rings (SSSR count). The van der Waals surface area contributed by atoms with Crippen LogP contribution in [0.3, 0.4) is 0 Å². The fourth-order valence-electron chi connectivity index (χ4n) is 3.03. The molecule has 0 amide bonds. The first-order valence-electron chi connectivity index (χ1n) is 7.75. The highest BCUT2D eigenvalue weighted by atomic mass is 127. The summed E-state index contributed by atoms with van der Waals surface area (Å²) in [5.41, 5.74) is 1.40. The number of guanidine groups is 1. The van der Waals surface area contributed by atoms with Crippen LogP contribution in [0.25, 0.3) is 0 Å². The fourth-order valence-corrected chi connectivity index (χ4v) is 3.03. The minimum atomic E-state index is 0. The molecule has 1 atom stereocenters. The van der Waals surface area contributed by atoms with E-state index >= 15 is 0 Å². The molecule has 1 aromatic rings. The molecule has 0 aromatic heterocycles. The number of aliphatic imine (C=N–C) groups is 1. The molecule has 1 aromatic carbocycles. The molecule has 4 nitrogen and oxygen atoms in total. The summed E-state index contributed by atoms with van der Waals surface area (Å²) in [6, 6.07) is 11.3. The van der Waals surface area contributed by atoms with Crippen molar-refractivity contribution in [2.75, 3.05) is 32.7 Å². The smallest absolute Gasteiger partial charge is 0.191 e. The third-order valence-electron chi connectivity index (χ3n) is 4.13. The minimum Gasteiger partial charge on any atom is -0.356 e. The average molecular weight is 400 g/mol. The molecule has 0 radical (unpaired) electrons. The van der Waals surface area contributed by atoms with Gasteiger partial charge in [0.1, 0.15) is 0 Å². The van der Waals surface area contributed by atoms with Crippen LogP contribution in [-0.2, 0) is 0 Å². The Hall–Kier alpha value is -0.820. The molecule has 0 saturated carbocycles. The fraction of sp³-hybridized carbons (Fsp3) is 0.562. The van der Waals surface area contributed by atoms with Gasteiger partial charge in [0.2, 0.25) is 0 Å². The van der Waals surface area contributed by atoms with Crippen molar-refractivity contribution < 1.29 is 0 Å². The summed E-state index contributed by atoms with van der Waals surface area (Å²) in [4.78, 5) is 7.09. The Morgan fingerprint density at radius 2 is 1.90 bits per heavy atom. The van der Waals surface area contributed by atoms with Gasteiger partial charge < -0.3 is 10.6 Å². The lowest BCUT2D eigenvalue weighted by molar-refractivity contribution is 0.245. The van der Waals surface area contributed by atoms with Crippen molar-refractivity contribution in [1.29, 1.82) is 0 Å². The summed E-state index contributed by atoms with van der Waals surface area (Å²) in [6.45, 7) is 5.32. The van der Waals surface area contributed by atoms with Crippen LogP contribution in [0, 0.1) is 0 Å². The van der Waals surface area contributed by atoms with E-state index in [1.165, 1.54) is 31.5 Å². The van der Waals surface area contributed by atoms with Gasteiger partial charge in [-0.05, 0) is 37.9 Å². The van der Waals surface area contributed by atoms with Gasteiger partial charge >= 0.3 is 0 Å². The highest BCUT2D eigenvalue weighted by Gasteiger charge is 2.23. The lowest BCUT2D eigenvalue weighted by Gasteiger charge is -2.29. The monoisotopic (exact) mass is 400 g/mol. The van der Waals surface area contributed by atoms with Gasteiger partial charge in [0.25, 0.3) is 0 Å². The Labute approximate surface area is 144 Å². The zero-order chi connectivity index (χ0) is 13.6. The molecule has 1 saturated heterocycles. The normalized spacial score (nSPS) is 20.1. The first-order valence-corrected chi connectivity index (χ1v) is 7.75. The third kappa shape index (κ3) is 4.57. The highest BCUT2D eigenvalue weighted by Crippen LogP contribution is 2.24. The van der Waals surface area contributed by atoms with Crippen LogP contribution in [0.1, 0.15) is 30.9 Å². The van der Waals surface area contributed by atoms with Crippen LogP contribution in [0.15, 0.2) is 35.3 Å². The van der Waals surface area contributed by atoms with E-state index in [1.54, 1.807) is 0 Å². The van der Waals surface area contributed by atoms with Crippen molar-refractivity contribution in [3.8, 4) is 0 Å². The molecule has 21 heavy (non-hydrogen) atoms. The molecular weight excluding hydrogens is 375 g/mol. The van der Waals surface area contributed by atoms with E-state index in [0.29, 0.717) is 6.04 Å². The van der Waals surface area contributed by atoms with E-state index < -0.39 is 0 Å². The van der Waals surface area contributed by atoms with Gasteiger partial charge in [-0.25, -0.2) is 0 Å². The summed E-state index contributed by atoms with van der Waals surface area (Å²) in [5, 5.41) is 6.83. The Morgan fingerprint density at radius 3 is 2.57 bits per heavy atom. The average Bonchev–Trinajstić information content (AvgIpc) is 3.04. The van der Waals surface area contributed by atoms with Gasteiger partial charge in [-0.2, -0.15) is 0 Å². The topological polar surface area (TPSA) is 39.7 Å². The molecule has 0 spiro atoms.